The van der Waals surface area contributed by atoms with Crippen LogP contribution in [0.3, 0.4) is 0 Å². The summed E-state index contributed by atoms with van der Waals surface area (Å²) in [5.74, 6) is 0.493. The Kier molecular flexibility index (Phi) is 3.42. The van der Waals surface area contributed by atoms with Crippen molar-refractivity contribution in [2.45, 2.75) is 19.6 Å². The molecule has 4 rings (SSSR count). The normalized spacial score (nSPS) is 16.2. The average molecular weight is 337 g/mol. The Morgan fingerprint density at radius 1 is 1.20 bits per heavy atom. The number of nitro groups is 1. The van der Waals surface area contributed by atoms with Gasteiger partial charge in [-0.3, -0.25) is 14.9 Å². The number of benzene rings is 2. The molecule has 1 aliphatic rings. The Labute approximate surface area is 143 Å². The van der Waals surface area contributed by atoms with E-state index in [1.807, 2.05) is 35.2 Å². The number of hydrogen-bond donors (Lipinski definition) is 1. The highest BCUT2D eigenvalue weighted by Crippen LogP contribution is 2.31. The first-order valence-corrected chi connectivity index (χ1v) is 7.84. The van der Waals surface area contributed by atoms with Gasteiger partial charge in [0.2, 0.25) is 0 Å². The second-order valence-corrected chi connectivity index (χ2v) is 6.08. The van der Waals surface area contributed by atoms with Gasteiger partial charge in [0.05, 0.1) is 10.6 Å². The van der Waals surface area contributed by atoms with E-state index in [1.54, 1.807) is 19.1 Å². The molecule has 1 N–H and O–H groups in total. The lowest BCUT2D eigenvalue weighted by atomic mass is 10.1. The standard InChI is InChI=1S/C18H15N3O4/c1-11-18(22)19-16-6-12(2-5-17(16)25-11)8-20-9-13-3-4-15(21(23)24)7-14(13)10-20/h2-7,9-11H,8H2,1H3,(H,19,22). The number of rotatable bonds is 3. The molecule has 25 heavy (non-hydrogen) atoms. The first-order chi connectivity index (χ1) is 12.0. The van der Waals surface area contributed by atoms with Crippen molar-refractivity contribution in [1.29, 1.82) is 0 Å². The summed E-state index contributed by atoms with van der Waals surface area (Å²) in [5.41, 5.74) is 1.73. The third-order valence-corrected chi connectivity index (χ3v) is 4.23. The van der Waals surface area contributed by atoms with Gasteiger partial charge < -0.3 is 14.6 Å². The molecule has 0 saturated carbocycles. The number of nitrogens with zero attached hydrogens (tertiary/aromatic N) is 2. The van der Waals surface area contributed by atoms with Crippen LogP contribution in [0.1, 0.15) is 12.5 Å². The summed E-state index contributed by atoms with van der Waals surface area (Å²) in [4.78, 5) is 22.2. The molecule has 1 amide bonds. The van der Waals surface area contributed by atoms with E-state index in [2.05, 4.69) is 5.32 Å². The predicted molar refractivity (Wildman–Crippen MR) is 92.9 cm³/mol. The van der Waals surface area contributed by atoms with Gasteiger partial charge in [0.1, 0.15) is 5.75 Å². The van der Waals surface area contributed by atoms with Crippen molar-refractivity contribution in [1.82, 2.24) is 4.57 Å². The molecule has 7 nitrogen and oxygen atoms in total. The topological polar surface area (TPSA) is 86.4 Å². The van der Waals surface area contributed by atoms with E-state index in [-0.39, 0.29) is 11.6 Å². The van der Waals surface area contributed by atoms with Crippen LogP contribution in [-0.4, -0.2) is 21.5 Å². The number of amides is 1. The van der Waals surface area contributed by atoms with E-state index in [0.29, 0.717) is 18.0 Å². The third-order valence-electron chi connectivity index (χ3n) is 4.23. The van der Waals surface area contributed by atoms with Crippen LogP contribution in [0.5, 0.6) is 5.75 Å². The number of hydrogen-bond acceptors (Lipinski definition) is 4. The number of ether oxygens (including phenoxy) is 1. The summed E-state index contributed by atoms with van der Waals surface area (Å²) in [5, 5.41) is 15.5. The summed E-state index contributed by atoms with van der Waals surface area (Å²) in [7, 11) is 0. The van der Waals surface area contributed by atoms with Gasteiger partial charge in [-0.2, -0.15) is 0 Å². The lowest BCUT2D eigenvalue weighted by Gasteiger charge is -2.23. The van der Waals surface area contributed by atoms with Gasteiger partial charge in [-0.25, -0.2) is 0 Å². The van der Waals surface area contributed by atoms with Crippen molar-refractivity contribution in [3.63, 3.8) is 0 Å². The summed E-state index contributed by atoms with van der Waals surface area (Å²) in [6, 6.07) is 10.5. The number of non-ortho nitro benzene ring substituents is 1. The van der Waals surface area contributed by atoms with Crippen molar-refractivity contribution in [2.75, 3.05) is 5.32 Å². The van der Waals surface area contributed by atoms with Crippen LogP contribution in [0.4, 0.5) is 11.4 Å². The summed E-state index contributed by atoms with van der Waals surface area (Å²) < 4.78 is 7.51. The lowest BCUT2D eigenvalue weighted by molar-refractivity contribution is -0.384. The monoisotopic (exact) mass is 337 g/mol. The molecular formula is C18H15N3O4. The highest BCUT2D eigenvalue weighted by Gasteiger charge is 2.23. The molecule has 0 radical (unpaired) electrons. The van der Waals surface area contributed by atoms with Gasteiger partial charge in [0, 0.05) is 36.5 Å². The smallest absolute Gasteiger partial charge is 0.270 e. The highest BCUT2D eigenvalue weighted by atomic mass is 16.6. The first-order valence-electron chi connectivity index (χ1n) is 7.84. The fourth-order valence-corrected chi connectivity index (χ4v) is 2.96. The molecule has 0 aliphatic carbocycles. The van der Waals surface area contributed by atoms with Gasteiger partial charge in [-0.1, -0.05) is 6.07 Å². The van der Waals surface area contributed by atoms with Crippen LogP contribution in [-0.2, 0) is 11.3 Å². The average Bonchev–Trinajstić information content (AvgIpc) is 2.97. The Balaban J connectivity index is 1.62. The minimum atomic E-state index is -0.496. The van der Waals surface area contributed by atoms with Crippen LogP contribution >= 0.6 is 0 Å². The van der Waals surface area contributed by atoms with Crippen molar-refractivity contribution >= 4 is 28.1 Å². The maximum atomic E-state index is 11.7. The van der Waals surface area contributed by atoms with Crippen LogP contribution in [0, 0.1) is 10.1 Å². The summed E-state index contributed by atoms with van der Waals surface area (Å²) >= 11 is 0. The largest absolute Gasteiger partial charge is 0.479 e. The molecule has 0 fully saturated rings. The Bertz CT molecular complexity index is 1010. The number of nitrogens with one attached hydrogen (secondary N) is 1. The molecule has 1 aromatic heterocycles. The van der Waals surface area contributed by atoms with Crippen molar-refractivity contribution in [3.05, 3.63) is 64.5 Å². The summed E-state index contributed by atoms with van der Waals surface area (Å²) in [6.07, 6.45) is 3.32. The first kappa shape index (κ1) is 15.2. The molecular weight excluding hydrogens is 322 g/mol. The quantitative estimate of drug-likeness (QED) is 0.587. The van der Waals surface area contributed by atoms with E-state index in [0.717, 1.165) is 16.3 Å². The predicted octanol–water partition coefficient (Wildman–Crippen LogP) is 3.32. The molecule has 1 unspecified atom stereocenters. The van der Waals surface area contributed by atoms with E-state index in [4.69, 9.17) is 4.74 Å². The molecule has 126 valence electrons. The fourth-order valence-electron chi connectivity index (χ4n) is 2.96. The van der Waals surface area contributed by atoms with E-state index in [1.165, 1.54) is 6.07 Å². The van der Waals surface area contributed by atoms with E-state index < -0.39 is 11.0 Å². The van der Waals surface area contributed by atoms with Gasteiger partial charge in [-0.15, -0.1) is 0 Å². The molecule has 1 atom stereocenters. The SMILES string of the molecule is CC1Oc2ccc(Cn3cc4ccc([N+](=O)[O-])cc4c3)cc2NC1=O. The molecule has 0 spiro atoms. The molecule has 0 bridgehead atoms. The molecule has 7 heteroatoms. The zero-order valence-electron chi connectivity index (χ0n) is 13.4. The molecule has 3 aromatic rings. The van der Waals surface area contributed by atoms with Crippen LogP contribution in [0.2, 0.25) is 0 Å². The van der Waals surface area contributed by atoms with Gasteiger partial charge >= 0.3 is 0 Å². The zero-order chi connectivity index (χ0) is 17.6. The van der Waals surface area contributed by atoms with Crippen LogP contribution < -0.4 is 10.1 Å². The molecule has 1 aliphatic heterocycles. The minimum absolute atomic E-state index is 0.0769. The minimum Gasteiger partial charge on any atom is -0.479 e. The molecule has 0 saturated heterocycles. The van der Waals surface area contributed by atoms with E-state index in [9.17, 15) is 14.9 Å². The Morgan fingerprint density at radius 2 is 2.00 bits per heavy atom. The van der Waals surface area contributed by atoms with Crippen LogP contribution in [0.25, 0.3) is 10.8 Å². The number of carbonyl (C=O) groups excluding carboxylic acids is 1. The van der Waals surface area contributed by atoms with Gasteiger partial charge in [-0.05, 0) is 36.1 Å². The second kappa shape index (κ2) is 5.62. The number of nitro benzene ring substituents is 1. The van der Waals surface area contributed by atoms with Gasteiger partial charge in [0.25, 0.3) is 11.6 Å². The maximum absolute atomic E-state index is 11.7. The zero-order valence-corrected chi connectivity index (χ0v) is 13.4. The maximum Gasteiger partial charge on any atom is 0.270 e. The second-order valence-electron chi connectivity index (χ2n) is 6.08. The van der Waals surface area contributed by atoms with Crippen molar-refractivity contribution < 1.29 is 14.5 Å². The fraction of sp³-hybridized carbons (Fsp3) is 0.167. The molecule has 2 aromatic carbocycles. The van der Waals surface area contributed by atoms with Crippen molar-refractivity contribution in [2.24, 2.45) is 0 Å². The number of anilines is 1. The number of carbonyl (C=O) groups is 1. The Hall–Kier alpha value is -3.35. The van der Waals surface area contributed by atoms with E-state index >= 15 is 0 Å². The van der Waals surface area contributed by atoms with Crippen molar-refractivity contribution in [3.8, 4) is 5.75 Å². The number of aromatic nitrogens is 1. The number of fused-ring (bicyclic) bond motifs is 2. The van der Waals surface area contributed by atoms with Crippen LogP contribution in [0.15, 0.2) is 48.8 Å². The van der Waals surface area contributed by atoms with Gasteiger partial charge in [0.15, 0.2) is 6.10 Å². The Morgan fingerprint density at radius 3 is 2.80 bits per heavy atom. The molecule has 2 heterocycles. The third kappa shape index (κ3) is 2.80. The highest BCUT2D eigenvalue weighted by molar-refractivity contribution is 5.97. The lowest BCUT2D eigenvalue weighted by Crippen LogP contribution is -2.34. The summed E-state index contributed by atoms with van der Waals surface area (Å²) in [6.45, 7) is 2.29.